The van der Waals surface area contributed by atoms with Crippen LogP contribution in [0.2, 0.25) is 0 Å². The summed E-state index contributed by atoms with van der Waals surface area (Å²) in [5, 5.41) is 4.02. The van der Waals surface area contributed by atoms with Crippen LogP contribution in [0.4, 0.5) is 0 Å². The molecule has 3 rings (SSSR count). The summed E-state index contributed by atoms with van der Waals surface area (Å²) >= 11 is 1.62. The lowest BCUT2D eigenvalue weighted by atomic mass is 9.84. The summed E-state index contributed by atoms with van der Waals surface area (Å²) in [7, 11) is 0. The normalized spacial score (nSPS) is 19.8. The van der Waals surface area contributed by atoms with Gasteiger partial charge in [-0.3, -0.25) is 9.59 Å². The number of piperazine rings is 1. The summed E-state index contributed by atoms with van der Waals surface area (Å²) in [6, 6.07) is 2.00. The third-order valence-corrected chi connectivity index (χ3v) is 5.07. The molecule has 2 aliphatic rings. The molecular weight excluding hydrogens is 272 g/mol. The molecule has 1 saturated carbocycles. The maximum atomic E-state index is 12.2. The third-order valence-electron chi connectivity index (χ3n) is 4.33. The van der Waals surface area contributed by atoms with Gasteiger partial charge in [0.1, 0.15) is 0 Å². The summed E-state index contributed by atoms with van der Waals surface area (Å²) in [6.45, 7) is 2.76. The van der Waals surface area contributed by atoms with Crippen molar-refractivity contribution in [3.8, 4) is 0 Å². The van der Waals surface area contributed by atoms with Gasteiger partial charge in [0.25, 0.3) is 0 Å². The second kappa shape index (κ2) is 5.95. The van der Waals surface area contributed by atoms with E-state index in [0.29, 0.717) is 38.5 Å². The lowest BCUT2D eigenvalue weighted by Gasteiger charge is -2.38. The lowest BCUT2D eigenvalue weighted by molar-refractivity contribution is -0.143. The van der Waals surface area contributed by atoms with Crippen molar-refractivity contribution in [2.45, 2.75) is 25.7 Å². The van der Waals surface area contributed by atoms with E-state index in [9.17, 15) is 9.59 Å². The molecule has 2 fully saturated rings. The van der Waals surface area contributed by atoms with Crippen LogP contribution in [0.25, 0.3) is 0 Å². The van der Waals surface area contributed by atoms with E-state index in [2.05, 4.69) is 0 Å². The van der Waals surface area contributed by atoms with E-state index in [1.165, 1.54) is 6.42 Å². The molecule has 0 bridgehead atoms. The number of thiophene rings is 1. The van der Waals surface area contributed by atoms with Crippen molar-refractivity contribution in [1.82, 2.24) is 9.80 Å². The molecule has 0 aromatic carbocycles. The molecular formula is C15H20N2O2S. The average molecular weight is 292 g/mol. The van der Waals surface area contributed by atoms with Gasteiger partial charge < -0.3 is 9.80 Å². The van der Waals surface area contributed by atoms with Gasteiger partial charge in [0.2, 0.25) is 11.8 Å². The summed E-state index contributed by atoms with van der Waals surface area (Å²) in [4.78, 5) is 28.1. The van der Waals surface area contributed by atoms with Crippen LogP contribution < -0.4 is 0 Å². The van der Waals surface area contributed by atoms with E-state index in [-0.39, 0.29) is 11.8 Å². The van der Waals surface area contributed by atoms with Gasteiger partial charge in [0.05, 0.1) is 6.42 Å². The van der Waals surface area contributed by atoms with E-state index in [1.54, 1.807) is 11.3 Å². The number of amides is 2. The Kier molecular flexibility index (Phi) is 4.05. The Hall–Kier alpha value is -1.36. The first-order chi connectivity index (χ1) is 9.74. The van der Waals surface area contributed by atoms with E-state index in [1.807, 2.05) is 26.6 Å². The van der Waals surface area contributed by atoms with Gasteiger partial charge in [-0.15, -0.1) is 0 Å². The first-order valence-electron chi connectivity index (χ1n) is 7.31. The van der Waals surface area contributed by atoms with Crippen LogP contribution in [0.3, 0.4) is 0 Å². The van der Waals surface area contributed by atoms with E-state index < -0.39 is 0 Å². The van der Waals surface area contributed by atoms with Crippen LogP contribution >= 0.6 is 11.3 Å². The molecule has 1 aromatic rings. The Bertz CT molecular complexity index is 474. The summed E-state index contributed by atoms with van der Waals surface area (Å²) in [5.41, 5.74) is 1.09. The zero-order valence-electron chi connectivity index (χ0n) is 11.6. The van der Waals surface area contributed by atoms with Gasteiger partial charge in [0, 0.05) is 32.1 Å². The van der Waals surface area contributed by atoms with Crippen molar-refractivity contribution in [2.24, 2.45) is 5.92 Å². The number of carbonyl (C=O) groups is 2. The van der Waals surface area contributed by atoms with Gasteiger partial charge in [-0.2, -0.15) is 11.3 Å². The second-order valence-electron chi connectivity index (χ2n) is 5.64. The monoisotopic (exact) mass is 292 g/mol. The molecule has 108 valence electrons. The smallest absolute Gasteiger partial charge is 0.227 e. The van der Waals surface area contributed by atoms with E-state index >= 15 is 0 Å². The Morgan fingerprint density at radius 1 is 1.15 bits per heavy atom. The van der Waals surface area contributed by atoms with Crippen molar-refractivity contribution in [1.29, 1.82) is 0 Å². The van der Waals surface area contributed by atoms with Crippen molar-refractivity contribution in [3.63, 3.8) is 0 Å². The molecule has 1 aromatic heterocycles. The zero-order chi connectivity index (χ0) is 13.9. The fourth-order valence-corrected chi connectivity index (χ4v) is 3.44. The highest BCUT2D eigenvalue weighted by atomic mass is 32.1. The predicted molar refractivity (Wildman–Crippen MR) is 78.5 cm³/mol. The topological polar surface area (TPSA) is 40.6 Å². The van der Waals surface area contributed by atoms with Gasteiger partial charge in [-0.05, 0) is 35.2 Å². The highest BCUT2D eigenvalue weighted by molar-refractivity contribution is 7.07. The summed E-state index contributed by atoms with van der Waals surface area (Å²) < 4.78 is 0. The number of nitrogens with zero attached hydrogens (tertiary/aromatic N) is 2. The quantitative estimate of drug-likeness (QED) is 0.852. The van der Waals surface area contributed by atoms with Gasteiger partial charge in [-0.25, -0.2) is 0 Å². The third kappa shape index (κ3) is 2.87. The highest BCUT2D eigenvalue weighted by Gasteiger charge is 2.31. The Balaban J connectivity index is 1.48. The van der Waals surface area contributed by atoms with E-state index in [4.69, 9.17) is 0 Å². The molecule has 0 unspecified atom stereocenters. The van der Waals surface area contributed by atoms with Crippen molar-refractivity contribution in [2.75, 3.05) is 26.2 Å². The minimum atomic E-state index is 0.180. The standard InChI is InChI=1S/C15H20N2O2S/c18-14(10-12-4-9-20-11-12)16-5-7-17(8-6-16)15(19)13-2-1-3-13/h4,9,11,13H,1-3,5-8,10H2. The van der Waals surface area contributed by atoms with E-state index in [0.717, 1.165) is 18.4 Å². The Labute approximate surface area is 123 Å². The van der Waals surface area contributed by atoms with Crippen LogP contribution in [-0.4, -0.2) is 47.8 Å². The molecule has 1 aliphatic carbocycles. The number of rotatable bonds is 3. The predicted octanol–water partition coefficient (Wildman–Crippen LogP) is 1.76. The minimum absolute atomic E-state index is 0.180. The van der Waals surface area contributed by atoms with Crippen LogP contribution in [0, 0.1) is 5.92 Å². The molecule has 20 heavy (non-hydrogen) atoms. The molecule has 1 saturated heterocycles. The Morgan fingerprint density at radius 2 is 1.85 bits per heavy atom. The largest absolute Gasteiger partial charge is 0.339 e. The molecule has 1 aliphatic heterocycles. The first-order valence-corrected chi connectivity index (χ1v) is 8.26. The number of hydrogen-bond donors (Lipinski definition) is 0. The van der Waals surface area contributed by atoms with Crippen LogP contribution in [-0.2, 0) is 16.0 Å². The average Bonchev–Trinajstić information content (AvgIpc) is 2.89. The highest BCUT2D eigenvalue weighted by Crippen LogP contribution is 2.28. The Morgan fingerprint density at radius 3 is 2.40 bits per heavy atom. The molecule has 0 radical (unpaired) electrons. The van der Waals surface area contributed by atoms with Crippen LogP contribution in [0.5, 0.6) is 0 Å². The maximum absolute atomic E-state index is 12.2. The molecule has 0 atom stereocenters. The second-order valence-corrected chi connectivity index (χ2v) is 6.42. The molecule has 5 heteroatoms. The van der Waals surface area contributed by atoms with Crippen LogP contribution in [0.15, 0.2) is 16.8 Å². The fourth-order valence-electron chi connectivity index (χ4n) is 2.77. The van der Waals surface area contributed by atoms with Crippen LogP contribution in [0.1, 0.15) is 24.8 Å². The van der Waals surface area contributed by atoms with Crippen molar-refractivity contribution in [3.05, 3.63) is 22.4 Å². The fraction of sp³-hybridized carbons (Fsp3) is 0.600. The van der Waals surface area contributed by atoms with Crippen molar-refractivity contribution >= 4 is 23.2 Å². The minimum Gasteiger partial charge on any atom is -0.339 e. The SMILES string of the molecule is O=C(Cc1ccsc1)N1CCN(C(=O)C2CCC2)CC1. The van der Waals surface area contributed by atoms with Gasteiger partial charge in [-0.1, -0.05) is 6.42 Å². The van der Waals surface area contributed by atoms with Crippen molar-refractivity contribution < 1.29 is 9.59 Å². The lowest BCUT2D eigenvalue weighted by Crippen LogP contribution is -2.52. The van der Waals surface area contributed by atoms with Gasteiger partial charge in [0.15, 0.2) is 0 Å². The molecule has 2 heterocycles. The number of carbonyl (C=O) groups excluding carboxylic acids is 2. The first kappa shape index (κ1) is 13.6. The zero-order valence-corrected chi connectivity index (χ0v) is 12.4. The molecule has 2 amide bonds. The summed E-state index contributed by atoms with van der Waals surface area (Å²) in [6.07, 6.45) is 3.78. The van der Waals surface area contributed by atoms with Gasteiger partial charge >= 0.3 is 0 Å². The number of hydrogen-bond acceptors (Lipinski definition) is 3. The summed E-state index contributed by atoms with van der Waals surface area (Å²) in [5.74, 6) is 0.753. The molecule has 4 nitrogen and oxygen atoms in total. The maximum Gasteiger partial charge on any atom is 0.227 e. The molecule has 0 spiro atoms. The molecule has 0 N–H and O–H groups in total.